The van der Waals surface area contributed by atoms with E-state index in [1.807, 2.05) is 0 Å². The number of carbonyl (C=O) groups excluding carboxylic acids is 1. The molecule has 1 saturated heterocycles. The molecule has 1 unspecified atom stereocenters. The van der Waals surface area contributed by atoms with Crippen molar-refractivity contribution in [2.75, 3.05) is 18.1 Å². The minimum Gasteiger partial charge on any atom is -0.506 e. The first-order chi connectivity index (χ1) is 7.24. The van der Waals surface area contributed by atoms with Gasteiger partial charge >= 0.3 is 6.09 Å². The van der Waals surface area contributed by atoms with Gasteiger partial charge in [-0.1, -0.05) is 12.1 Å². The second-order valence-electron chi connectivity index (χ2n) is 3.27. The second-order valence-corrected chi connectivity index (χ2v) is 3.27. The van der Waals surface area contributed by atoms with Crippen LogP contribution in [0.3, 0.4) is 0 Å². The standard InChI is InChI=1S/C10H11NO4/c12-5-7-6-15-10(14)11(7)8-3-1-2-4-9(8)13/h1-4,7,12-13H,5-6H2. The molecule has 1 aromatic rings. The van der Waals surface area contributed by atoms with Crippen molar-refractivity contribution in [3.63, 3.8) is 0 Å². The maximum Gasteiger partial charge on any atom is 0.414 e. The molecule has 0 spiro atoms. The SMILES string of the molecule is O=C1OCC(CO)N1c1ccccc1O. The van der Waals surface area contributed by atoms with Gasteiger partial charge in [0.25, 0.3) is 0 Å². The Bertz CT molecular complexity index is 379. The van der Waals surface area contributed by atoms with Gasteiger partial charge in [-0.3, -0.25) is 4.90 Å². The molecule has 0 aromatic heterocycles. The van der Waals surface area contributed by atoms with Crippen LogP contribution in [0.4, 0.5) is 10.5 Å². The molecule has 2 N–H and O–H groups in total. The van der Waals surface area contributed by atoms with Crippen LogP contribution in [-0.4, -0.2) is 35.6 Å². The molecule has 1 atom stereocenters. The average Bonchev–Trinajstić information content (AvgIpc) is 2.60. The number of benzene rings is 1. The van der Waals surface area contributed by atoms with Crippen molar-refractivity contribution in [3.05, 3.63) is 24.3 Å². The third-order valence-electron chi connectivity index (χ3n) is 2.31. The number of phenolic OH excluding ortho intramolecular Hbond substituents is 1. The Morgan fingerprint density at radius 3 is 2.87 bits per heavy atom. The predicted octanol–water partition coefficient (Wildman–Crippen LogP) is 0.710. The van der Waals surface area contributed by atoms with Gasteiger partial charge in [-0.25, -0.2) is 4.79 Å². The molecule has 1 aliphatic heterocycles. The first kappa shape index (κ1) is 9.79. The zero-order valence-electron chi connectivity index (χ0n) is 7.96. The molecule has 1 aliphatic rings. The van der Waals surface area contributed by atoms with Crippen LogP contribution in [0, 0.1) is 0 Å². The third kappa shape index (κ3) is 1.61. The molecule has 0 radical (unpaired) electrons. The molecular formula is C10H11NO4. The molecule has 15 heavy (non-hydrogen) atoms. The Balaban J connectivity index is 2.36. The van der Waals surface area contributed by atoms with E-state index in [2.05, 4.69) is 0 Å². The van der Waals surface area contributed by atoms with Crippen LogP contribution in [0.1, 0.15) is 0 Å². The summed E-state index contributed by atoms with van der Waals surface area (Å²) >= 11 is 0. The van der Waals surface area contributed by atoms with Crippen molar-refractivity contribution in [2.45, 2.75) is 6.04 Å². The molecule has 0 saturated carbocycles. The second kappa shape index (κ2) is 3.78. The van der Waals surface area contributed by atoms with E-state index in [0.29, 0.717) is 5.69 Å². The highest BCUT2D eigenvalue weighted by atomic mass is 16.6. The summed E-state index contributed by atoms with van der Waals surface area (Å²) in [5.41, 5.74) is 0.360. The summed E-state index contributed by atoms with van der Waals surface area (Å²) in [6.45, 7) is -0.0518. The lowest BCUT2D eigenvalue weighted by atomic mass is 10.2. The fourth-order valence-electron chi connectivity index (χ4n) is 1.56. The van der Waals surface area contributed by atoms with Crippen LogP contribution in [0.5, 0.6) is 5.75 Å². The highest BCUT2D eigenvalue weighted by Crippen LogP contribution is 2.30. The summed E-state index contributed by atoms with van der Waals surface area (Å²) < 4.78 is 4.79. The van der Waals surface area contributed by atoms with Gasteiger partial charge in [-0.15, -0.1) is 0 Å². The smallest absolute Gasteiger partial charge is 0.414 e. The first-order valence-corrected chi connectivity index (χ1v) is 4.59. The highest BCUT2D eigenvalue weighted by molar-refractivity contribution is 5.92. The van der Waals surface area contributed by atoms with E-state index in [1.54, 1.807) is 18.2 Å². The van der Waals surface area contributed by atoms with Gasteiger partial charge in [0, 0.05) is 0 Å². The Morgan fingerprint density at radius 1 is 1.47 bits per heavy atom. The van der Waals surface area contributed by atoms with E-state index in [1.165, 1.54) is 11.0 Å². The maximum absolute atomic E-state index is 11.4. The maximum atomic E-state index is 11.4. The molecular weight excluding hydrogens is 198 g/mol. The minimum atomic E-state index is -0.546. The summed E-state index contributed by atoms with van der Waals surface area (Å²) in [6, 6.07) is 6.02. The Kier molecular flexibility index (Phi) is 2.47. The monoisotopic (exact) mass is 209 g/mol. The van der Waals surface area contributed by atoms with Crippen molar-refractivity contribution in [2.24, 2.45) is 0 Å². The summed E-state index contributed by atoms with van der Waals surface area (Å²) in [6.07, 6.45) is -0.546. The summed E-state index contributed by atoms with van der Waals surface area (Å²) in [7, 11) is 0. The normalized spacial score (nSPS) is 20.5. The minimum absolute atomic E-state index is 0.00481. The van der Waals surface area contributed by atoms with Crippen LogP contribution in [0.25, 0.3) is 0 Å². The molecule has 0 bridgehead atoms. The molecule has 5 heteroatoms. The van der Waals surface area contributed by atoms with Crippen LogP contribution in [0.2, 0.25) is 0 Å². The molecule has 1 amide bonds. The zero-order valence-corrected chi connectivity index (χ0v) is 7.96. The fourth-order valence-corrected chi connectivity index (χ4v) is 1.56. The Hall–Kier alpha value is -1.75. The molecule has 5 nitrogen and oxygen atoms in total. The van der Waals surface area contributed by atoms with Gasteiger partial charge < -0.3 is 14.9 Å². The summed E-state index contributed by atoms with van der Waals surface area (Å²) in [4.78, 5) is 12.6. The molecule has 1 fully saturated rings. The van der Waals surface area contributed by atoms with E-state index in [4.69, 9.17) is 9.84 Å². The van der Waals surface area contributed by atoms with E-state index in [9.17, 15) is 9.90 Å². The number of hydrogen-bond acceptors (Lipinski definition) is 4. The van der Waals surface area contributed by atoms with Crippen molar-refractivity contribution in [1.82, 2.24) is 0 Å². The van der Waals surface area contributed by atoms with Gasteiger partial charge in [0.1, 0.15) is 12.4 Å². The number of aromatic hydroxyl groups is 1. The molecule has 0 aliphatic carbocycles. The number of rotatable bonds is 2. The lowest BCUT2D eigenvalue weighted by Gasteiger charge is -2.20. The number of cyclic esters (lactones) is 1. The zero-order chi connectivity index (χ0) is 10.8. The van der Waals surface area contributed by atoms with E-state index < -0.39 is 12.1 Å². The number of phenols is 1. The van der Waals surface area contributed by atoms with Crippen molar-refractivity contribution < 1.29 is 19.7 Å². The van der Waals surface area contributed by atoms with Crippen LogP contribution in [0.15, 0.2) is 24.3 Å². The number of hydrogen-bond donors (Lipinski definition) is 2. The average molecular weight is 209 g/mol. The van der Waals surface area contributed by atoms with E-state index in [-0.39, 0.29) is 19.0 Å². The van der Waals surface area contributed by atoms with Crippen LogP contribution in [-0.2, 0) is 4.74 Å². The van der Waals surface area contributed by atoms with E-state index >= 15 is 0 Å². The predicted molar refractivity (Wildman–Crippen MR) is 52.8 cm³/mol. The number of aliphatic hydroxyl groups is 1. The van der Waals surface area contributed by atoms with Crippen LogP contribution >= 0.6 is 0 Å². The van der Waals surface area contributed by atoms with Gasteiger partial charge in [0.15, 0.2) is 0 Å². The largest absolute Gasteiger partial charge is 0.506 e. The van der Waals surface area contributed by atoms with Crippen molar-refractivity contribution >= 4 is 11.8 Å². The highest BCUT2D eigenvalue weighted by Gasteiger charge is 2.34. The van der Waals surface area contributed by atoms with Gasteiger partial charge in [0.2, 0.25) is 0 Å². The molecule has 1 aromatic carbocycles. The van der Waals surface area contributed by atoms with Crippen molar-refractivity contribution in [3.8, 4) is 5.75 Å². The lowest BCUT2D eigenvalue weighted by molar-refractivity contribution is 0.174. The number of aliphatic hydroxyl groups excluding tert-OH is 1. The topological polar surface area (TPSA) is 70.0 Å². The number of para-hydroxylation sites is 2. The third-order valence-corrected chi connectivity index (χ3v) is 2.31. The fraction of sp³-hybridized carbons (Fsp3) is 0.300. The van der Waals surface area contributed by atoms with E-state index in [0.717, 1.165) is 0 Å². The van der Waals surface area contributed by atoms with Gasteiger partial charge in [-0.2, -0.15) is 0 Å². The van der Waals surface area contributed by atoms with Gasteiger partial charge in [-0.05, 0) is 12.1 Å². The quantitative estimate of drug-likeness (QED) is 0.752. The molecule has 2 rings (SSSR count). The number of amides is 1. The molecule has 1 heterocycles. The Morgan fingerprint density at radius 2 is 2.20 bits per heavy atom. The number of anilines is 1. The lowest BCUT2D eigenvalue weighted by Crippen LogP contribution is -2.36. The summed E-state index contributed by atoms with van der Waals surface area (Å²) in [5, 5.41) is 18.6. The number of nitrogens with zero attached hydrogens (tertiary/aromatic N) is 1. The van der Waals surface area contributed by atoms with Crippen molar-refractivity contribution in [1.29, 1.82) is 0 Å². The number of carbonyl (C=O) groups is 1. The Labute approximate surface area is 86.5 Å². The summed E-state index contributed by atoms with van der Waals surface area (Å²) in [5.74, 6) is -0.00481. The first-order valence-electron chi connectivity index (χ1n) is 4.59. The van der Waals surface area contributed by atoms with Crippen LogP contribution < -0.4 is 4.90 Å². The van der Waals surface area contributed by atoms with Gasteiger partial charge in [0.05, 0.1) is 18.3 Å². The molecule has 80 valence electrons. The number of ether oxygens (including phenoxy) is 1.